The first-order valence-electron chi connectivity index (χ1n) is 4.57. The summed E-state index contributed by atoms with van der Waals surface area (Å²) >= 11 is 4.09. The Morgan fingerprint density at radius 2 is 2.15 bits per heavy atom. The molecule has 0 heterocycles. The molecule has 72 valence electrons. The summed E-state index contributed by atoms with van der Waals surface area (Å²) in [4.78, 5) is 0. The van der Waals surface area contributed by atoms with E-state index in [4.69, 9.17) is 4.74 Å². The van der Waals surface area contributed by atoms with Crippen LogP contribution >= 0.6 is 12.6 Å². The summed E-state index contributed by atoms with van der Waals surface area (Å²) in [7, 11) is 0. The molecule has 0 aliphatic heterocycles. The maximum atomic E-state index is 5.47. The molecule has 1 aromatic rings. The van der Waals surface area contributed by atoms with E-state index in [2.05, 4.69) is 38.6 Å². The van der Waals surface area contributed by atoms with Gasteiger partial charge < -0.3 is 4.74 Å². The van der Waals surface area contributed by atoms with Gasteiger partial charge in [-0.25, -0.2) is 0 Å². The summed E-state index contributed by atoms with van der Waals surface area (Å²) in [5, 5.41) is 0. The van der Waals surface area contributed by atoms with E-state index in [1.54, 1.807) is 0 Å². The molecule has 1 nitrogen and oxygen atoms in total. The molecule has 0 saturated heterocycles. The maximum Gasteiger partial charge on any atom is 0.119 e. The molecule has 0 fully saturated rings. The fraction of sp³-hybridized carbons (Fsp3) is 0.455. The van der Waals surface area contributed by atoms with Gasteiger partial charge in [-0.15, -0.1) is 0 Å². The van der Waals surface area contributed by atoms with Crippen LogP contribution in [0.3, 0.4) is 0 Å². The van der Waals surface area contributed by atoms with Gasteiger partial charge in [-0.2, -0.15) is 12.6 Å². The van der Waals surface area contributed by atoms with E-state index in [1.165, 1.54) is 5.56 Å². The van der Waals surface area contributed by atoms with Crippen molar-refractivity contribution in [3.63, 3.8) is 0 Å². The first-order chi connectivity index (χ1) is 6.24. The Labute approximate surface area is 85.5 Å². The second-order valence-electron chi connectivity index (χ2n) is 3.30. The molecule has 0 radical (unpaired) electrons. The van der Waals surface area contributed by atoms with Gasteiger partial charge in [-0.1, -0.05) is 26.0 Å². The van der Waals surface area contributed by atoms with Crippen molar-refractivity contribution in [2.75, 3.05) is 12.4 Å². The van der Waals surface area contributed by atoms with E-state index in [-0.39, 0.29) is 0 Å². The SMILES string of the molecule is CC(C)c1cccc(OCCS)c1. The van der Waals surface area contributed by atoms with Gasteiger partial charge in [-0.3, -0.25) is 0 Å². The minimum Gasteiger partial charge on any atom is -0.493 e. The van der Waals surface area contributed by atoms with Crippen molar-refractivity contribution in [3.05, 3.63) is 29.8 Å². The quantitative estimate of drug-likeness (QED) is 0.728. The summed E-state index contributed by atoms with van der Waals surface area (Å²) in [6.07, 6.45) is 0. The van der Waals surface area contributed by atoms with E-state index >= 15 is 0 Å². The van der Waals surface area contributed by atoms with Crippen LogP contribution in [0.5, 0.6) is 5.75 Å². The second-order valence-corrected chi connectivity index (χ2v) is 3.75. The van der Waals surface area contributed by atoms with Gasteiger partial charge in [0.05, 0.1) is 6.61 Å². The molecule has 0 aliphatic rings. The zero-order chi connectivity index (χ0) is 9.68. The van der Waals surface area contributed by atoms with Crippen LogP contribution in [-0.2, 0) is 0 Å². The molecule has 0 saturated carbocycles. The second kappa shape index (κ2) is 5.18. The Morgan fingerprint density at radius 3 is 2.77 bits per heavy atom. The average Bonchev–Trinajstić information content (AvgIpc) is 2.15. The van der Waals surface area contributed by atoms with Crippen LogP contribution in [-0.4, -0.2) is 12.4 Å². The summed E-state index contributed by atoms with van der Waals surface area (Å²) in [5.41, 5.74) is 1.32. The van der Waals surface area contributed by atoms with Crippen molar-refractivity contribution in [2.45, 2.75) is 19.8 Å². The molecule has 1 aromatic carbocycles. The monoisotopic (exact) mass is 196 g/mol. The third-order valence-corrected chi connectivity index (χ3v) is 2.07. The van der Waals surface area contributed by atoms with Crippen molar-refractivity contribution in [2.24, 2.45) is 0 Å². The van der Waals surface area contributed by atoms with Gasteiger partial charge in [0.2, 0.25) is 0 Å². The fourth-order valence-electron chi connectivity index (χ4n) is 1.13. The largest absolute Gasteiger partial charge is 0.493 e. The van der Waals surface area contributed by atoms with Gasteiger partial charge >= 0.3 is 0 Å². The Bertz CT molecular complexity index is 258. The Morgan fingerprint density at radius 1 is 1.38 bits per heavy atom. The molecule has 0 aliphatic carbocycles. The maximum absolute atomic E-state index is 5.47. The first kappa shape index (κ1) is 10.5. The summed E-state index contributed by atoms with van der Waals surface area (Å²) < 4.78 is 5.47. The van der Waals surface area contributed by atoms with Gasteiger partial charge in [0.25, 0.3) is 0 Å². The predicted molar refractivity (Wildman–Crippen MR) is 59.9 cm³/mol. The number of hydrogen-bond acceptors (Lipinski definition) is 2. The molecule has 0 N–H and O–H groups in total. The highest BCUT2D eigenvalue weighted by molar-refractivity contribution is 7.80. The Kier molecular flexibility index (Phi) is 4.16. The summed E-state index contributed by atoms with van der Waals surface area (Å²) in [6.45, 7) is 5.03. The van der Waals surface area contributed by atoms with Crippen molar-refractivity contribution >= 4 is 12.6 Å². The van der Waals surface area contributed by atoms with Crippen LogP contribution in [0, 0.1) is 0 Å². The van der Waals surface area contributed by atoms with Crippen molar-refractivity contribution in [3.8, 4) is 5.75 Å². The van der Waals surface area contributed by atoms with Crippen LogP contribution in [0.1, 0.15) is 25.3 Å². The lowest BCUT2D eigenvalue weighted by atomic mass is 10.0. The highest BCUT2D eigenvalue weighted by Crippen LogP contribution is 2.19. The third kappa shape index (κ3) is 3.31. The van der Waals surface area contributed by atoms with Crippen LogP contribution in [0.2, 0.25) is 0 Å². The smallest absolute Gasteiger partial charge is 0.119 e. The normalized spacial score (nSPS) is 10.5. The van der Waals surface area contributed by atoms with Crippen molar-refractivity contribution in [1.29, 1.82) is 0 Å². The fourth-order valence-corrected chi connectivity index (χ4v) is 1.22. The zero-order valence-corrected chi connectivity index (χ0v) is 9.05. The molecule has 0 atom stereocenters. The molecular formula is C11H16OS. The molecule has 0 aromatic heterocycles. The topological polar surface area (TPSA) is 9.23 Å². The zero-order valence-electron chi connectivity index (χ0n) is 8.16. The lowest BCUT2D eigenvalue weighted by Gasteiger charge is -2.08. The van der Waals surface area contributed by atoms with Crippen molar-refractivity contribution in [1.82, 2.24) is 0 Å². The number of benzene rings is 1. The predicted octanol–water partition coefficient (Wildman–Crippen LogP) is 3.12. The van der Waals surface area contributed by atoms with Crippen LogP contribution in [0.15, 0.2) is 24.3 Å². The van der Waals surface area contributed by atoms with Crippen LogP contribution in [0.25, 0.3) is 0 Å². The summed E-state index contributed by atoms with van der Waals surface area (Å²) in [6, 6.07) is 8.23. The van der Waals surface area contributed by atoms with Crippen LogP contribution < -0.4 is 4.74 Å². The summed E-state index contributed by atoms with van der Waals surface area (Å²) in [5.74, 6) is 2.26. The number of ether oxygens (including phenoxy) is 1. The lowest BCUT2D eigenvalue weighted by molar-refractivity contribution is 0.344. The van der Waals surface area contributed by atoms with Crippen molar-refractivity contribution < 1.29 is 4.74 Å². The molecule has 2 heteroatoms. The molecular weight excluding hydrogens is 180 g/mol. The van der Waals surface area contributed by atoms with E-state index in [9.17, 15) is 0 Å². The number of hydrogen-bond donors (Lipinski definition) is 1. The van der Waals surface area contributed by atoms with Gasteiger partial charge in [0.1, 0.15) is 5.75 Å². The highest BCUT2D eigenvalue weighted by Gasteiger charge is 1.99. The minimum atomic E-state index is 0.555. The average molecular weight is 196 g/mol. The molecule has 0 bridgehead atoms. The Hall–Kier alpha value is -0.630. The van der Waals surface area contributed by atoms with Gasteiger partial charge in [0, 0.05) is 5.75 Å². The minimum absolute atomic E-state index is 0.555. The lowest BCUT2D eigenvalue weighted by Crippen LogP contribution is -1.98. The molecule has 1 rings (SSSR count). The molecule has 13 heavy (non-hydrogen) atoms. The molecule has 0 unspecified atom stereocenters. The van der Waals surface area contributed by atoms with Gasteiger partial charge in [0.15, 0.2) is 0 Å². The third-order valence-electron chi connectivity index (χ3n) is 1.88. The van der Waals surface area contributed by atoms with E-state index in [0.29, 0.717) is 12.5 Å². The van der Waals surface area contributed by atoms with E-state index < -0.39 is 0 Å². The van der Waals surface area contributed by atoms with E-state index in [0.717, 1.165) is 11.5 Å². The van der Waals surface area contributed by atoms with Gasteiger partial charge in [-0.05, 0) is 23.6 Å². The van der Waals surface area contributed by atoms with Crippen LogP contribution in [0.4, 0.5) is 0 Å². The number of rotatable bonds is 4. The highest BCUT2D eigenvalue weighted by atomic mass is 32.1. The first-order valence-corrected chi connectivity index (χ1v) is 5.21. The van der Waals surface area contributed by atoms with E-state index in [1.807, 2.05) is 12.1 Å². The number of thiol groups is 1. The Balaban J connectivity index is 2.68. The molecule has 0 spiro atoms. The standard InChI is InChI=1S/C11H16OS/c1-9(2)10-4-3-5-11(8-10)12-6-7-13/h3-5,8-9,13H,6-7H2,1-2H3. The molecule has 0 amide bonds.